The minimum Gasteiger partial charge on any atom is -0.487 e. The van der Waals surface area contributed by atoms with Crippen molar-refractivity contribution in [2.24, 2.45) is 0 Å². The number of hydrogen-bond donors (Lipinski definition) is 1. The van der Waals surface area contributed by atoms with E-state index >= 15 is 0 Å². The number of anilines is 1. The van der Waals surface area contributed by atoms with E-state index in [1.165, 1.54) is 0 Å². The van der Waals surface area contributed by atoms with Crippen molar-refractivity contribution in [2.45, 2.75) is 6.61 Å². The van der Waals surface area contributed by atoms with Gasteiger partial charge in [-0.05, 0) is 18.2 Å². The molecule has 1 aromatic carbocycles. The lowest BCUT2D eigenvalue weighted by atomic mass is 10.1. The van der Waals surface area contributed by atoms with Crippen molar-refractivity contribution in [1.29, 1.82) is 0 Å². The predicted octanol–water partition coefficient (Wildman–Crippen LogP) is 2.99. The predicted molar refractivity (Wildman–Crippen MR) is 69.2 cm³/mol. The maximum absolute atomic E-state index is 5.83. The fourth-order valence-corrected chi connectivity index (χ4v) is 1.84. The molecule has 0 saturated heterocycles. The molecule has 3 aromatic rings. The summed E-state index contributed by atoms with van der Waals surface area (Å²) in [6.45, 7) is 0.433. The number of nitrogens with two attached hydrogens (primary N) is 1. The van der Waals surface area contributed by atoms with Crippen molar-refractivity contribution in [2.75, 3.05) is 5.73 Å². The van der Waals surface area contributed by atoms with E-state index < -0.39 is 0 Å². The van der Waals surface area contributed by atoms with Crippen LogP contribution in [0.25, 0.3) is 11.0 Å². The maximum atomic E-state index is 5.83. The molecule has 0 atom stereocenters. The lowest BCUT2D eigenvalue weighted by Gasteiger charge is -2.03. The van der Waals surface area contributed by atoms with Crippen LogP contribution in [0, 0.1) is 0 Å². The van der Waals surface area contributed by atoms with Crippen LogP contribution in [0.2, 0.25) is 0 Å². The molecule has 0 unspecified atom stereocenters. The summed E-state index contributed by atoms with van der Waals surface area (Å²) in [4.78, 5) is 3.99. The van der Waals surface area contributed by atoms with Gasteiger partial charge in [-0.1, -0.05) is 12.1 Å². The van der Waals surface area contributed by atoms with Gasteiger partial charge in [0, 0.05) is 17.1 Å². The van der Waals surface area contributed by atoms with Crippen molar-refractivity contribution < 1.29 is 9.15 Å². The van der Waals surface area contributed by atoms with Crippen molar-refractivity contribution in [3.05, 3.63) is 54.6 Å². The van der Waals surface area contributed by atoms with Crippen molar-refractivity contribution in [3.8, 4) is 5.75 Å². The van der Waals surface area contributed by atoms with Gasteiger partial charge in [-0.25, -0.2) is 0 Å². The molecule has 0 aliphatic carbocycles. The van der Waals surface area contributed by atoms with E-state index in [4.69, 9.17) is 14.9 Å². The van der Waals surface area contributed by atoms with E-state index in [2.05, 4.69) is 4.98 Å². The van der Waals surface area contributed by atoms with Gasteiger partial charge in [0.1, 0.15) is 12.4 Å². The third-order valence-electron chi connectivity index (χ3n) is 2.74. The van der Waals surface area contributed by atoms with Crippen LogP contribution in [0.4, 0.5) is 5.69 Å². The Labute approximate surface area is 104 Å². The van der Waals surface area contributed by atoms with Gasteiger partial charge in [-0.3, -0.25) is 4.98 Å². The van der Waals surface area contributed by atoms with Gasteiger partial charge in [0.15, 0.2) is 5.58 Å². The zero-order chi connectivity index (χ0) is 12.4. The molecule has 18 heavy (non-hydrogen) atoms. The second kappa shape index (κ2) is 4.41. The van der Waals surface area contributed by atoms with Crippen LogP contribution in [0.5, 0.6) is 5.75 Å². The first-order valence-corrected chi connectivity index (χ1v) is 5.62. The molecular formula is C14H12N2O2. The Hall–Kier alpha value is -2.49. The minimum absolute atomic E-state index is 0.433. The Bertz CT molecular complexity index is 662. The molecule has 4 nitrogen and oxygen atoms in total. The molecule has 3 rings (SSSR count). The normalized spacial score (nSPS) is 10.7. The molecule has 0 bridgehead atoms. The Morgan fingerprint density at radius 2 is 2.17 bits per heavy atom. The number of hydrogen-bond acceptors (Lipinski definition) is 4. The maximum Gasteiger partial charge on any atom is 0.157 e. The lowest BCUT2D eigenvalue weighted by Crippen LogP contribution is -1.94. The number of benzene rings is 1. The van der Waals surface area contributed by atoms with Gasteiger partial charge < -0.3 is 14.9 Å². The zero-order valence-electron chi connectivity index (χ0n) is 9.67. The molecule has 0 spiro atoms. The number of fused-ring (bicyclic) bond motifs is 1. The Balaban J connectivity index is 1.85. The topological polar surface area (TPSA) is 61.3 Å². The number of nitrogens with zero attached hydrogens (tertiary/aromatic N) is 1. The van der Waals surface area contributed by atoms with Crippen LogP contribution in [0.1, 0.15) is 5.56 Å². The smallest absolute Gasteiger partial charge is 0.157 e. The summed E-state index contributed by atoms with van der Waals surface area (Å²) in [5.74, 6) is 0.732. The van der Waals surface area contributed by atoms with Crippen LogP contribution in [-0.4, -0.2) is 4.98 Å². The highest BCUT2D eigenvalue weighted by Crippen LogP contribution is 2.26. The van der Waals surface area contributed by atoms with Crippen molar-refractivity contribution in [3.63, 3.8) is 0 Å². The largest absolute Gasteiger partial charge is 0.487 e. The Morgan fingerprint density at radius 1 is 1.22 bits per heavy atom. The molecule has 0 fully saturated rings. The fraction of sp³-hybridized carbons (Fsp3) is 0.0714. The van der Waals surface area contributed by atoms with Gasteiger partial charge >= 0.3 is 0 Å². The molecular weight excluding hydrogens is 228 g/mol. The summed E-state index contributed by atoms with van der Waals surface area (Å²) >= 11 is 0. The lowest BCUT2D eigenvalue weighted by molar-refractivity contribution is 0.304. The van der Waals surface area contributed by atoms with E-state index in [-0.39, 0.29) is 0 Å². The number of aromatic nitrogens is 1. The highest BCUT2D eigenvalue weighted by molar-refractivity contribution is 5.90. The summed E-state index contributed by atoms with van der Waals surface area (Å²) in [6, 6.07) is 9.39. The average molecular weight is 240 g/mol. The molecule has 2 aromatic heterocycles. The zero-order valence-corrected chi connectivity index (χ0v) is 9.67. The number of nitrogen functional groups attached to an aromatic ring is 1. The van der Waals surface area contributed by atoms with E-state index in [1.807, 2.05) is 30.3 Å². The number of rotatable bonds is 3. The summed E-state index contributed by atoms with van der Waals surface area (Å²) < 4.78 is 11.1. The number of ether oxygens (including phenoxy) is 1. The second-order valence-electron chi connectivity index (χ2n) is 3.96. The van der Waals surface area contributed by atoms with Crippen molar-refractivity contribution in [1.82, 2.24) is 4.98 Å². The van der Waals surface area contributed by atoms with Crippen LogP contribution < -0.4 is 10.5 Å². The quantitative estimate of drug-likeness (QED) is 0.715. The van der Waals surface area contributed by atoms with Crippen LogP contribution in [-0.2, 0) is 6.61 Å². The highest BCUT2D eigenvalue weighted by atomic mass is 16.5. The Morgan fingerprint density at radius 3 is 3.00 bits per heavy atom. The van der Waals surface area contributed by atoms with E-state index in [1.54, 1.807) is 18.7 Å². The van der Waals surface area contributed by atoms with Gasteiger partial charge in [0.2, 0.25) is 0 Å². The summed E-state index contributed by atoms with van der Waals surface area (Å²) in [5.41, 5.74) is 8.15. The molecule has 2 N–H and O–H groups in total. The number of para-hydroxylation sites is 1. The number of furan rings is 1. The molecule has 4 heteroatoms. The monoisotopic (exact) mass is 240 g/mol. The molecule has 90 valence electrons. The molecule has 0 aliphatic rings. The van der Waals surface area contributed by atoms with Crippen LogP contribution in [0.15, 0.2) is 53.4 Å². The summed E-state index contributed by atoms with van der Waals surface area (Å²) in [7, 11) is 0. The molecule has 2 heterocycles. The molecule has 0 radical (unpaired) electrons. The van der Waals surface area contributed by atoms with Gasteiger partial charge in [0.25, 0.3) is 0 Å². The van der Waals surface area contributed by atoms with Crippen molar-refractivity contribution >= 4 is 16.7 Å². The molecule has 0 amide bonds. The average Bonchev–Trinajstić information content (AvgIpc) is 2.82. The van der Waals surface area contributed by atoms with Gasteiger partial charge in [-0.15, -0.1) is 0 Å². The first-order valence-electron chi connectivity index (χ1n) is 5.62. The van der Waals surface area contributed by atoms with Crippen LogP contribution >= 0.6 is 0 Å². The molecule has 0 aliphatic heterocycles. The number of pyridine rings is 1. The third kappa shape index (κ3) is 1.88. The standard InChI is InChI=1S/C14H12N2O2/c15-13-5-1-4-12-10(9-18-14(12)13)8-17-11-3-2-6-16-7-11/h1-7,9H,8,15H2. The van der Waals surface area contributed by atoms with E-state index in [0.717, 1.165) is 16.7 Å². The van der Waals surface area contributed by atoms with E-state index in [0.29, 0.717) is 17.9 Å². The summed E-state index contributed by atoms with van der Waals surface area (Å²) in [5, 5.41) is 0.985. The van der Waals surface area contributed by atoms with Gasteiger partial charge in [-0.2, -0.15) is 0 Å². The fourth-order valence-electron chi connectivity index (χ4n) is 1.84. The highest BCUT2D eigenvalue weighted by Gasteiger charge is 2.08. The van der Waals surface area contributed by atoms with E-state index in [9.17, 15) is 0 Å². The van der Waals surface area contributed by atoms with Gasteiger partial charge in [0.05, 0.1) is 18.1 Å². The third-order valence-corrected chi connectivity index (χ3v) is 2.74. The minimum atomic E-state index is 0.433. The SMILES string of the molecule is Nc1cccc2c(COc3cccnc3)coc12. The molecule has 0 saturated carbocycles. The first kappa shape index (κ1) is 10.7. The second-order valence-corrected chi connectivity index (χ2v) is 3.96. The summed E-state index contributed by atoms with van der Waals surface area (Å²) in [6.07, 6.45) is 5.06. The van der Waals surface area contributed by atoms with Crippen LogP contribution in [0.3, 0.4) is 0 Å². The Kier molecular flexibility index (Phi) is 2.61. The first-order chi connectivity index (χ1) is 8.84.